The fourth-order valence-electron chi connectivity index (χ4n) is 2.21. The molecule has 0 saturated carbocycles. The predicted molar refractivity (Wildman–Crippen MR) is 63.1 cm³/mol. The van der Waals surface area contributed by atoms with Gasteiger partial charge in [0.15, 0.2) is 5.76 Å². The molecule has 5 heteroatoms. The fourth-order valence-corrected chi connectivity index (χ4v) is 2.21. The minimum absolute atomic E-state index is 0.129. The van der Waals surface area contributed by atoms with Gasteiger partial charge in [0.1, 0.15) is 11.4 Å². The summed E-state index contributed by atoms with van der Waals surface area (Å²) in [6.45, 7) is 2.76. The molecule has 2 heterocycles. The standard InChI is InChI=1S/C13H12N2O3/c1-7-6-15(7)10-12(17)9-8(4-3-5-14-9)11(16)13(10)18-2/h3-5,7H,6H2,1-2H3. The lowest BCUT2D eigenvalue weighted by atomic mass is 9.95. The molecule has 0 aromatic carbocycles. The van der Waals surface area contributed by atoms with Crippen LogP contribution in [0.2, 0.25) is 0 Å². The molecule has 3 rings (SSSR count). The lowest BCUT2D eigenvalue weighted by molar-refractivity contribution is 0.0885. The summed E-state index contributed by atoms with van der Waals surface area (Å²) in [6.07, 6.45) is 1.52. The van der Waals surface area contributed by atoms with Gasteiger partial charge >= 0.3 is 0 Å². The van der Waals surface area contributed by atoms with Crippen molar-refractivity contribution < 1.29 is 14.3 Å². The fraction of sp³-hybridized carbons (Fsp3) is 0.308. The van der Waals surface area contributed by atoms with Gasteiger partial charge < -0.3 is 9.64 Å². The van der Waals surface area contributed by atoms with E-state index in [9.17, 15) is 9.59 Å². The Morgan fingerprint density at radius 1 is 1.39 bits per heavy atom. The summed E-state index contributed by atoms with van der Waals surface area (Å²) < 4.78 is 5.13. The van der Waals surface area contributed by atoms with E-state index >= 15 is 0 Å². The molecule has 0 spiro atoms. The highest BCUT2D eigenvalue weighted by Gasteiger charge is 2.43. The molecule has 92 valence electrons. The SMILES string of the molecule is COC1=C(N2CC2C)C(=O)c2ncccc2C1=O. The number of aromatic nitrogens is 1. The van der Waals surface area contributed by atoms with Crippen molar-refractivity contribution in [3.05, 3.63) is 41.0 Å². The number of carbonyl (C=O) groups excluding carboxylic acids is 2. The molecule has 0 N–H and O–H groups in total. The molecule has 0 radical (unpaired) electrons. The number of fused-ring (bicyclic) bond motifs is 1. The molecule has 2 aliphatic rings. The maximum Gasteiger partial charge on any atom is 0.232 e. The number of ketones is 2. The zero-order valence-electron chi connectivity index (χ0n) is 10.1. The van der Waals surface area contributed by atoms with Gasteiger partial charge in [-0.25, -0.2) is 0 Å². The van der Waals surface area contributed by atoms with Gasteiger partial charge in [-0.2, -0.15) is 0 Å². The van der Waals surface area contributed by atoms with Crippen LogP contribution in [0.4, 0.5) is 0 Å². The van der Waals surface area contributed by atoms with Crippen molar-refractivity contribution in [3.63, 3.8) is 0 Å². The molecule has 1 aromatic heterocycles. The quantitative estimate of drug-likeness (QED) is 0.727. The topological polar surface area (TPSA) is 59.3 Å². The van der Waals surface area contributed by atoms with Gasteiger partial charge in [-0.1, -0.05) is 0 Å². The maximum atomic E-state index is 12.4. The number of hydrogen-bond acceptors (Lipinski definition) is 5. The molecule has 1 fully saturated rings. The third-order valence-corrected chi connectivity index (χ3v) is 3.25. The summed E-state index contributed by atoms with van der Waals surface area (Å²) >= 11 is 0. The van der Waals surface area contributed by atoms with Crippen LogP contribution >= 0.6 is 0 Å². The average molecular weight is 244 g/mol. The van der Waals surface area contributed by atoms with E-state index in [1.807, 2.05) is 11.8 Å². The van der Waals surface area contributed by atoms with Gasteiger partial charge in [0, 0.05) is 18.8 Å². The summed E-state index contributed by atoms with van der Waals surface area (Å²) in [5.74, 6) is -0.370. The van der Waals surface area contributed by atoms with Crippen LogP contribution < -0.4 is 0 Å². The van der Waals surface area contributed by atoms with Crippen LogP contribution in [0.15, 0.2) is 29.8 Å². The van der Waals surface area contributed by atoms with Crippen molar-refractivity contribution in [1.82, 2.24) is 9.88 Å². The van der Waals surface area contributed by atoms with E-state index in [0.717, 1.165) is 6.54 Å². The van der Waals surface area contributed by atoms with E-state index in [2.05, 4.69) is 4.98 Å². The smallest absolute Gasteiger partial charge is 0.232 e. The van der Waals surface area contributed by atoms with E-state index in [4.69, 9.17) is 4.74 Å². The van der Waals surface area contributed by atoms with Crippen LogP contribution in [0.1, 0.15) is 27.8 Å². The molecule has 18 heavy (non-hydrogen) atoms. The van der Waals surface area contributed by atoms with Crippen LogP contribution in [0, 0.1) is 0 Å². The Balaban J connectivity index is 2.18. The van der Waals surface area contributed by atoms with Gasteiger partial charge in [-0.15, -0.1) is 0 Å². The number of Topliss-reactive ketones (excluding diaryl/α,β-unsaturated/α-hetero) is 2. The number of methoxy groups -OCH3 is 1. The third kappa shape index (κ3) is 1.37. The molecule has 0 amide bonds. The summed E-state index contributed by atoms with van der Waals surface area (Å²) in [5, 5.41) is 0. The highest BCUT2D eigenvalue weighted by Crippen LogP contribution is 2.33. The van der Waals surface area contributed by atoms with E-state index in [0.29, 0.717) is 11.3 Å². The summed E-state index contributed by atoms with van der Waals surface area (Å²) in [7, 11) is 1.41. The third-order valence-electron chi connectivity index (χ3n) is 3.25. The number of carbonyl (C=O) groups is 2. The van der Waals surface area contributed by atoms with Gasteiger partial charge in [0.2, 0.25) is 11.6 Å². The molecule has 1 atom stereocenters. The van der Waals surface area contributed by atoms with Crippen LogP contribution in [0.25, 0.3) is 0 Å². The highest BCUT2D eigenvalue weighted by atomic mass is 16.5. The largest absolute Gasteiger partial charge is 0.491 e. The first-order valence-corrected chi connectivity index (χ1v) is 5.74. The van der Waals surface area contributed by atoms with Gasteiger partial charge in [-0.3, -0.25) is 14.6 Å². The Kier molecular flexibility index (Phi) is 2.23. The summed E-state index contributed by atoms with van der Waals surface area (Å²) in [5.41, 5.74) is 0.885. The molecule has 1 aliphatic carbocycles. The molecular weight excluding hydrogens is 232 g/mol. The van der Waals surface area contributed by atoms with Crippen molar-refractivity contribution in [1.29, 1.82) is 0 Å². The van der Waals surface area contributed by atoms with Crippen molar-refractivity contribution in [3.8, 4) is 0 Å². The predicted octanol–water partition coefficient (Wildman–Crippen LogP) is 1.02. The number of pyridine rings is 1. The average Bonchev–Trinajstić information content (AvgIpc) is 3.10. The lowest BCUT2D eigenvalue weighted by Gasteiger charge is -2.20. The van der Waals surface area contributed by atoms with Gasteiger partial charge in [-0.05, 0) is 19.1 Å². The zero-order valence-corrected chi connectivity index (χ0v) is 10.1. The molecule has 1 unspecified atom stereocenters. The van der Waals surface area contributed by atoms with Crippen molar-refractivity contribution in [2.24, 2.45) is 0 Å². The van der Waals surface area contributed by atoms with Crippen molar-refractivity contribution in [2.45, 2.75) is 13.0 Å². The first kappa shape index (κ1) is 11.0. The maximum absolute atomic E-state index is 12.4. The number of hydrogen-bond donors (Lipinski definition) is 0. The second kappa shape index (κ2) is 3.66. The normalized spacial score (nSPS) is 22.1. The van der Waals surface area contributed by atoms with Gasteiger partial charge in [0.05, 0.1) is 12.7 Å². The lowest BCUT2D eigenvalue weighted by Crippen LogP contribution is -2.28. The van der Waals surface area contributed by atoms with Crippen molar-refractivity contribution >= 4 is 11.6 Å². The Morgan fingerprint density at radius 3 is 2.72 bits per heavy atom. The monoisotopic (exact) mass is 244 g/mol. The number of allylic oxidation sites excluding steroid dienone is 2. The van der Waals surface area contributed by atoms with E-state index in [1.54, 1.807) is 12.1 Å². The number of rotatable bonds is 2. The van der Waals surface area contributed by atoms with Gasteiger partial charge in [0.25, 0.3) is 0 Å². The minimum atomic E-state index is -0.269. The molecule has 1 aromatic rings. The van der Waals surface area contributed by atoms with E-state index < -0.39 is 0 Å². The Labute approximate surface area is 104 Å². The Hall–Kier alpha value is -2.17. The van der Waals surface area contributed by atoms with Crippen LogP contribution in [-0.2, 0) is 4.74 Å². The number of nitrogens with zero attached hydrogens (tertiary/aromatic N) is 2. The van der Waals surface area contributed by atoms with E-state index in [-0.39, 0.29) is 29.1 Å². The highest BCUT2D eigenvalue weighted by molar-refractivity contribution is 6.25. The minimum Gasteiger partial charge on any atom is -0.491 e. The zero-order chi connectivity index (χ0) is 12.9. The van der Waals surface area contributed by atoms with Crippen molar-refractivity contribution in [2.75, 3.05) is 13.7 Å². The second-order valence-electron chi connectivity index (χ2n) is 4.44. The Bertz CT molecular complexity index is 592. The first-order chi connectivity index (χ1) is 8.65. The molecule has 1 saturated heterocycles. The molecule has 0 bridgehead atoms. The van der Waals surface area contributed by atoms with Crippen LogP contribution in [0.3, 0.4) is 0 Å². The summed E-state index contributed by atoms with van der Waals surface area (Å²) in [6, 6.07) is 3.51. The van der Waals surface area contributed by atoms with Crippen LogP contribution in [-0.4, -0.2) is 41.1 Å². The van der Waals surface area contributed by atoms with Crippen LogP contribution in [0.5, 0.6) is 0 Å². The second-order valence-corrected chi connectivity index (χ2v) is 4.44. The Morgan fingerprint density at radius 2 is 2.11 bits per heavy atom. The first-order valence-electron chi connectivity index (χ1n) is 5.74. The molecule has 1 aliphatic heterocycles. The molecule has 5 nitrogen and oxygen atoms in total. The number of ether oxygens (including phenoxy) is 1. The molecular formula is C13H12N2O3. The summed E-state index contributed by atoms with van der Waals surface area (Å²) in [4.78, 5) is 30.5. The van der Waals surface area contributed by atoms with E-state index in [1.165, 1.54) is 13.3 Å².